The Morgan fingerprint density at radius 2 is 1.36 bits per heavy atom. The molecule has 0 aliphatic heterocycles. The molecular formula is C12H16O2. The van der Waals surface area contributed by atoms with Crippen LogP contribution in [0.1, 0.15) is 35.8 Å². The van der Waals surface area contributed by atoms with Crippen molar-refractivity contribution in [3.05, 3.63) is 35.4 Å². The van der Waals surface area contributed by atoms with Gasteiger partial charge in [0, 0.05) is 25.0 Å². The summed E-state index contributed by atoms with van der Waals surface area (Å²) in [7, 11) is 0. The number of aliphatic hydroxyl groups excluding tert-OH is 2. The Morgan fingerprint density at radius 3 is 1.71 bits per heavy atom. The highest BCUT2D eigenvalue weighted by atomic mass is 16.3. The van der Waals surface area contributed by atoms with E-state index in [9.17, 15) is 10.2 Å². The summed E-state index contributed by atoms with van der Waals surface area (Å²) in [5.74, 6) is 0.544. The molecule has 1 aromatic rings. The zero-order valence-corrected chi connectivity index (χ0v) is 8.19. The average molecular weight is 192 g/mol. The van der Waals surface area contributed by atoms with Gasteiger partial charge < -0.3 is 10.2 Å². The van der Waals surface area contributed by atoms with E-state index in [1.54, 1.807) is 0 Å². The Morgan fingerprint density at radius 1 is 0.929 bits per heavy atom. The Hall–Kier alpha value is -0.860. The van der Waals surface area contributed by atoms with Gasteiger partial charge in [0.05, 0.1) is 0 Å². The molecule has 2 rings (SSSR count). The Labute approximate surface area is 84.2 Å². The molecule has 0 radical (unpaired) electrons. The molecule has 0 fully saturated rings. The van der Waals surface area contributed by atoms with Gasteiger partial charge in [-0.25, -0.2) is 0 Å². The lowest BCUT2D eigenvalue weighted by Crippen LogP contribution is -2.18. The van der Waals surface area contributed by atoms with Crippen LogP contribution in [0.25, 0.3) is 0 Å². The van der Waals surface area contributed by atoms with E-state index in [0.29, 0.717) is 0 Å². The quantitative estimate of drug-likeness (QED) is 0.747. The Bertz CT molecular complexity index is 278. The van der Waals surface area contributed by atoms with Gasteiger partial charge in [0.1, 0.15) is 0 Å². The summed E-state index contributed by atoms with van der Waals surface area (Å²) in [6.07, 6.45) is 1.97. The molecule has 2 atom stereocenters. The van der Waals surface area contributed by atoms with Crippen LogP contribution >= 0.6 is 0 Å². The van der Waals surface area contributed by atoms with Gasteiger partial charge in [0.15, 0.2) is 0 Å². The van der Waals surface area contributed by atoms with Gasteiger partial charge in [0.2, 0.25) is 0 Å². The average Bonchev–Trinajstić information content (AvgIpc) is 2.27. The number of aliphatic hydroxyl groups is 2. The molecule has 2 nitrogen and oxygen atoms in total. The molecule has 1 aliphatic carbocycles. The maximum absolute atomic E-state index is 9.23. The second-order valence-electron chi connectivity index (χ2n) is 3.97. The van der Waals surface area contributed by atoms with Crippen molar-refractivity contribution in [2.24, 2.45) is 0 Å². The third kappa shape index (κ3) is 1.56. The van der Waals surface area contributed by atoms with Crippen molar-refractivity contribution in [1.82, 2.24) is 0 Å². The van der Waals surface area contributed by atoms with Crippen molar-refractivity contribution in [3.8, 4) is 0 Å². The van der Waals surface area contributed by atoms with Crippen LogP contribution in [0, 0.1) is 0 Å². The lowest BCUT2D eigenvalue weighted by molar-refractivity contribution is 0.220. The van der Waals surface area contributed by atoms with Crippen LogP contribution in [-0.2, 0) is 0 Å². The zero-order chi connectivity index (χ0) is 9.97. The van der Waals surface area contributed by atoms with Gasteiger partial charge in [-0.05, 0) is 24.0 Å². The topological polar surface area (TPSA) is 40.5 Å². The van der Waals surface area contributed by atoms with Crippen LogP contribution in [0.4, 0.5) is 0 Å². The minimum Gasteiger partial charge on any atom is -0.396 e. The number of rotatable bonds is 2. The van der Waals surface area contributed by atoms with E-state index in [0.717, 1.165) is 12.8 Å². The molecule has 2 unspecified atom stereocenters. The van der Waals surface area contributed by atoms with E-state index >= 15 is 0 Å². The molecule has 1 aromatic carbocycles. The van der Waals surface area contributed by atoms with Crippen molar-refractivity contribution in [2.45, 2.75) is 24.7 Å². The molecule has 0 spiro atoms. The van der Waals surface area contributed by atoms with Crippen LogP contribution in [-0.4, -0.2) is 23.4 Å². The summed E-state index contributed by atoms with van der Waals surface area (Å²) in [6, 6.07) is 8.14. The smallest absolute Gasteiger partial charge is 0.0499 e. The maximum atomic E-state index is 9.23. The molecule has 0 aromatic heterocycles. The molecule has 76 valence electrons. The van der Waals surface area contributed by atoms with Crippen LogP contribution < -0.4 is 0 Å². The molecule has 1 aliphatic rings. The summed E-state index contributed by atoms with van der Waals surface area (Å²) in [4.78, 5) is 0. The van der Waals surface area contributed by atoms with Crippen molar-refractivity contribution < 1.29 is 10.2 Å². The molecule has 14 heavy (non-hydrogen) atoms. The molecule has 2 heteroatoms. The molecule has 2 N–H and O–H groups in total. The second kappa shape index (κ2) is 4.11. The van der Waals surface area contributed by atoms with Gasteiger partial charge in [-0.1, -0.05) is 24.3 Å². The first kappa shape index (κ1) is 9.69. The monoisotopic (exact) mass is 192 g/mol. The lowest BCUT2D eigenvalue weighted by Gasteiger charge is -2.29. The predicted molar refractivity (Wildman–Crippen MR) is 55.3 cm³/mol. The third-order valence-electron chi connectivity index (χ3n) is 3.18. The van der Waals surface area contributed by atoms with E-state index in [1.165, 1.54) is 11.1 Å². The highest BCUT2D eigenvalue weighted by Crippen LogP contribution is 2.37. The fourth-order valence-corrected chi connectivity index (χ4v) is 2.35. The Kier molecular flexibility index (Phi) is 2.85. The highest BCUT2D eigenvalue weighted by Gasteiger charge is 2.25. The predicted octanol–water partition coefficient (Wildman–Crippen LogP) is 1.63. The van der Waals surface area contributed by atoms with Gasteiger partial charge in [-0.3, -0.25) is 0 Å². The third-order valence-corrected chi connectivity index (χ3v) is 3.18. The van der Waals surface area contributed by atoms with Crippen LogP contribution in [0.2, 0.25) is 0 Å². The fourth-order valence-electron chi connectivity index (χ4n) is 2.35. The number of benzene rings is 1. The summed E-state index contributed by atoms with van der Waals surface area (Å²) in [5, 5.41) is 18.5. The standard InChI is InChI=1S/C12H16O2/c13-7-9-5-6-10(8-14)12-4-2-1-3-11(9)12/h1-4,9-10,13-14H,5-8H2. The molecule has 0 saturated carbocycles. The number of hydrogen-bond donors (Lipinski definition) is 2. The molecule has 0 bridgehead atoms. The summed E-state index contributed by atoms with van der Waals surface area (Å²) in [6.45, 7) is 0.435. The molecule has 0 amide bonds. The normalized spacial score (nSPS) is 25.9. The van der Waals surface area contributed by atoms with E-state index in [1.807, 2.05) is 12.1 Å². The SMILES string of the molecule is OCC1CCC(CO)c2ccccc21. The fraction of sp³-hybridized carbons (Fsp3) is 0.500. The number of fused-ring (bicyclic) bond motifs is 1. The summed E-state index contributed by atoms with van der Waals surface area (Å²) in [5.41, 5.74) is 2.45. The van der Waals surface area contributed by atoms with E-state index < -0.39 is 0 Å². The largest absolute Gasteiger partial charge is 0.396 e. The summed E-state index contributed by atoms with van der Waals surface area (Å²) < 4.78 is 0. The van der Waals surface area contributed by atoms with Crippen LogP contribution in [0.3, 0.4) is 0 Å². The van der Waals surface area contributed by atoms with Crippen molar-refractivity contribution in [2.75, 3.05) is 13.2 Å². The maximum Gasteiger partial charge on any atom is 0.0499 e. The van der Waals surface area contributed by atoms with Crippen LogP contribution in [0.15, 0.2) is 24.3 Å². The van der Waals surface area contributed by atoms with Crippen LogP contribution in [0.5, 0.6) is 0 Å². The van der Waals surface area contributed by atoms with E-state index in [4.69, 9.17) is 0 Å². The van der Waals surface area contributed by atoms with E-state index in [-0.39, 0.29) is 25.0 Å². The zero-order valence-electron chi connectivity index (χ0n) is 8.19. The molecular weight excluding hydrogens is 176 g/mol. The first-order valence-corrected chi connectivity index (χ1v) is 5.17. The van der Waals surface area contributed by atoms with Crippen molar-refractivity contribution in [3.63, 3.8) is 0 Å². The van der Waals surface area contributed by atoms with Gasteiger partial charge in [-0.15, -0.1) is 0 Å². The van der Waals surface area contributed by atoms with E-state index in [2.05, 4.69) is 12.1 Å². The summed E-state index contributed by atoms with van der Waals surface area (Å²) >= 11 is 0. The number of hydrogen-bond acceptors (Lipinski definition) is 2. The molecule has 0 saturated heterocycles. The minimum atomic E-state index is 0.217. The van der Waals surface area contributed by atoms with Crippen molar-refractivity contribution in [1.29, 1.82) is 0 Å². The lowest BCUT2D eigenvalue weighted by atomic mass is 9.77. The van der Waals surface area contributed by atoms with Crippen molar-refractivity contribution >= 4 is 0 Å². The van der Waals surface area contributed by atoms with Gasteiger partial charge in [-0.2, -0.15) is 0 Å². The minimum absolute atomic E-state index is 0.217. The van der Waals surface area contributed by atoms with Gasteiger partial charge in [0.25, 0.3) is 0 Å². The highest BCUT2D eigenvalue weighted by molar-refractivity contribution is 5.35. The first-order valence-electron chi connectivity index (χ1n) is 5.17. The second-order valence-corrected chi connectivity index (χ2v) is 3.97. The van der Waals surface area contributed by atoms with Gasteiger partial charge >= 0.3 is 0 Å². The Balaban J connectivity index is 2.38. The first-order chi connectivity index (χ1) is 6.86. The molecule has 0 heterocycles.